The maximum Gasteiger partial charge on any atom is 0.152 e. The number of allylic oxidation sites excluding steroid dienone is 1. The van der Waals surface area contributed by atoms with Gasteiger partial charge in [-0.3, -0.25) is 4.79 Å². The predicted octanol–water partition coefficient (Wildman–Crippen LogP) is 3.10. The van der Waals surface area contributed by atoms with E-state index in [1.54, 1.807) is 13.0 Å². The molecule has 2 rings (SSSR count). The van der Waals surface area contributed by atoms with E-state index in [-0.39, 0.29) is 28.4 Å². The zero-order chi connectivity index (χ0) is 16.1. The number of fused-ring (bicyclic) bond motifs is 1. The van der Waals surface area contributed by atoms with E-state index in [1.165, 1.54) is 6.92 Å². The molecule has 2 aliphatic carbocycles. The molecule has 0 aliphatic heterocycles. The van der Waals surface area contributed by atoms with E-state index in [1.807, 2.05) is 6.08 Å². The lowest BCUT2D eigenvalue weighted by Crippen LogP contribution is -2.62. The van der Waals surface area contributed by atoms with Crippen LogP contribution in [-0.2, 0) is 4.79 Å². The summed E-state index contributed by atoms with van der Waals surface area (Å²) in [5, 5.41) is 21.6. The van der Waals surface area contributed by atoms with Crippen LogP contribution in [0.2, 0.25) is 0 Å². The summed E-state index contributed by atoms with van der Waals surface area (Å²) in [6.45, 7) is 9.97. The number of hydrogen-bond acceptors (Lipinski definition) is 3. The van der Waals surface area contributed by atoms with E-state index in [0.717, 1.165) is 19.3 Å². The molecule has 0 saturated heterocycles. The quantitative estimate of drug-likeness (QED) is 0.769. The number of aliphatic hydroxyl groups excluding tert-OH is 1. The van der Waals surface area contributed by atoms with E-state index in [9.17, 15) is 15.0 Å². The van der Waals surface area contributed by atoms with Crippen molar-refractivity contribution < 1.29 is 15.0 Å². The van der Waals surface area contributed by atoms with Crippen LogP contribution < -0.4 is 0 Å². The Morgan fingerprint density at radius 3 is 2.38 bits per heavy atom. The highest BCUT2D eigenvalue weighted by Crippen LogP contribution is 2.62. The van der Waals surface area contributed by atoms with Crippen LogP contribution in [0, 0.1) is 22.7 Å². The van der Waals surface area contributed by atoms with Gasteiger partial charge in [-0.1, -0.05) is 33.3 Å². The van der Waals surface area contributed by atoms with Crippen molar-refractivity contribution in [3.8, 4) is 0 Å². The highest BCUT2D eigenvalue weighted by atomic mass is 16.3. The summed E-state index contributed by atoms with van der Waals surface area (Å²) in [6.07, 6.45) is 6.57. The van der Waals surface area contributed by atoms with Gasteiger partial charge >= 0.3 is 0 Å². The Hall–Kier alpha value is -0.670. The molecular formula is C18H30O3. The maximum atomic E-state index is 11.3. The van der Waals surface area contributed by atoms with E-state index >= 15 is 0 Å². The third kappa shape index (κ3) is 2.83. The lowest BCUT2D eigenvalue weighted by atomic mass is 9.45. The normalized spacial score (nSPS) is 46.3. The molecule has 2 aliphatic rings. The molecule has 0 spiro atoms. The number of aliphatic hydroxyl groups is 2. The highest BCUT2D eigenvalue weighted by molar-refractivity contribution is 5.87. The molecule has 3 heteroatoms. The molecular weight excluding hydrogens is 264 g/mol. The zero-order valence-corrected chi connectivity index (χ0v) is 14.0. The van der Waals surface area contributed by atoms with E-state index in [4.69, 9.17) is 0 Å². The molecule has 2 N–H and O–H groups in total. The molecule has 5 atom stereocenters. The van der Waals surface area contributed by atoms with Crippen LogP contribution in [0.4, 0.5) is 0 Å². The highest BCUT2D eigenvalue weighted by Gasteiger charge is 2.60. The molecule has 2 saturated carbocycles. The number of rotatable bonds is 2. The fourth-order valence-corrected chi connectivity index (χ4v) is 5.48. The first kappa shape index (κ1) is 16.7. The van der Waals surface area contributed by atoms with Gasteiger partial charge in [-0.25, -0.2) is 0 Å². The lowest BCUT2D eigenvalue weighted by molar-refractivity contribution is -0.199. The van der Waals surface area contributed by atoms with Crippen LogP contribution in [-0.4, -0.2) is 27.7 Å². The van der Waals surface area contributed by atoms with Gasteiger partial charge in [0.2, 0.25) is 0 Å². The predicted molar refractivity (Wildman–Crippen MR) is 83.8 cm³/mol. The summed E-state index contributed by atoms with van der Waals surface area (Å²) in [6, 6.07) is 0. The third-order valence-corrected chi connectivity index (χ3v) is 6.00. The minimum Gasteiger partial charge on any atom is -0.393 e. The molecule has 0 aromatic heterocycles. The van der Waals surface area contributed by atoms with Crippen LogP contribution in [0.25, 0.3) is 0 Å². The standard InChI is InChI=1S/C18H30O3/c1-12(19)7-8-14-17(4)10-6-9-16(2,3)15(17)13(20)11-18(14,5)21/h7-8,13-15,20-21H,6,9-11H2,1-5H3/b8-7+. The maximum absolute atomic E-state index is 11.3. The van der Waals surface area contributed by atoms with Crippen molar-refractivity contribution >= 4 is 5.78 Å². The van der Waals surface area contributed by atoms with Gasteiger partial charge in [0.1, 0.15) is 0 Å². The largest absolute Gasteiger partial charge is 0.393 e. The summed E-state index contributed by atoms with van der Waals surface area (Å²) in [5.74, 6) is 0.0644. The van der Waals surface area contributed by atoms with Crippen LogP contribution in [0.15, 0.2) is 12.2 Å². The van der Waals surface area contributed by atoms with Crippen LogP contribution >= 0.6 is 0 Å². The second kappa shape index (κ2) is 5.20. The van der Waals surface area contributed by atoms with E-state index in [2.05, 4.69) is 20.8 Å². The summed E-state index contributed by atoms with van der Waals surface area (Å²) in [4.78, 5) is 11.3. The van der Waals surface area contributed by atoms with Gasteiger partial charge < -0.3 is 10.2 Å². The van der Waals surface area contributed by atoms with Crippen molar-refractivity contribution in [2.24, 2.45) is 22.7 Å². The lowest BCUT2D eigenvalue weighted by Gasteiger charge is -2.62. The molecule has 0 radical (unpaired) electrons. The minimum atomic E-state index is -0.968. The summed E-state index contributed by atoms with van der Waals surface area (Å²) >= 11 is 0. The first-order valence-corrected chi connectivity index (χ1v) is 8.10. The van der Waals surface area contributed by atoms with Gasteiger partial charge in [0.15, 0.2) is 5.78 Å². The van der Waals surface area contributed by atoms with Crippen molar-refractivity contribution in [1.29, 1.82) is 0 Å². The molecule has 0 amide bonds. The number of ketones is 1. The Labute approximate surface area is 128 Å². The first-order valence-electron chi connectivity index (χ1n) is 8.10. The molecule has 0 aromatic rings. The monoisotopic (exact) mass is 294 g/mol. The molecule has 0 bridgehead atoms. The van der Waals surface area contributed by atoms with Crippen molar-refractivity contribution in [3.05, 3.63) is 12.2 Å². The summed E-state index contributed by atoms with van der Waals surface area (Å²) < 4.78 is 0. The van der Waals surface area contributed by atoms with Gasteiger partial charge in [-0.15, -0.1) is 0 Å². The van der Waals surface area contributed by atoms with E-state index < -0.39 is 11.7 Å². The van der Waals surface area contributed by atoms with Gasteiger partial charge in [-0.05, 0) is 49.5 Å². The van der Waals surface area contributed by atoms with Gasteiger partial charge in [0.05, 0.1) is 11.7 Å². The van der Waals surface area contributed by atoms with E-state index in [0.29, 0.717) is 6.42 Å². The fraction of sp³-hybridized carbons (Fsp3) is 0.833. The second-order valence-corrected chi connectivity index (χ2v) is 8.40. The first-order chi connectivity index (χ1) is 9.51. The zero-order valence-electron chi connectivity index (χ0n) is 14.0. The SMILES string of the molecule is CC(=O)/C=C/C1C(C)(O)CC(O)C2C(C)(C)CCCC21C. The summed E-state index contributed by atoms with van der Waals surface area (Å²) in [5.41, 5.74) is -1.08. The molecule has 5 unspecified atom stereocenters. The van der Waals surface area contributed by atoms with Crippen molar-refractivity contribution in [3.63, 3.8) is 0 Å². The number of carbonyl (C=O) groups excluding carboxylic acids is 1. The molecule has 2 fully saturated rings. The Morgan fingerprint density at radius 2 is 1.81 bits per heavy atom. The van der Waals surface area contributed by atoms with Crippen LogP contribution in [0.1, 0.15) is 60.3 Å². The van der Waals surface area contributed by atoms with Gasteiger partial charge in [-0.2, -0.15) is 0 Å². The molecule has 3 nitrogen and oxygen atoms in total. The Balaban J connectivity index is 2.48. The fourth-order valence-electron chi connectivity index (χ4n) is 5.48. The molecule has 0 heterocycles. The van der Waals surface area contributed by atoms with Gasteiger partial charge in [0.25, 0.3) is 0 Å². The van der Waals surface area contributed by atoms with Crippen molar-refractivity contribution in [2.45, 2.75) is 72.0 Å². The van der Waals surface area contributed by atoms with Crippen molar-refractivity contribution in [2.75, 3.05) is 0 Å². The average Bonchev–Trinajstić information content (AvgIpc) is 2.23. The summed E-state index contributed by atoms with van der Waals surface area (Å²) in [7, 11) is 0. The Kier molecular flexibility index (Phi) is 4.14. The average molecular weight is 294 g/mol. The molecule has 0 aromatic carbocycles. The van der Waals surface area contributed by atoms with Crippen LogP contribution in [0.5, 0.6) is 0 Å². The van der Waals surface area contributed by atoms with Gasteiger partial charge in [0, 0.05) is 12.3 Å². The van der Waals surface area contributed by atoms with Crippen LogP contribution in [0.3, 0.4) is 0 Å². The molecule has 21 heavy (non-hydrogen) atoms. The number of hydrogen-bond donors (Lipinski definition) is 2. The smallest absolute Gasteiger partial charge is 0.152 e. The molecule has 120 valence electrons. The third-order valence-electron chi connectivity index (χ3n) is 6.00. The Bertz CT molecular complexity index is 449. The topological polar surface area (TPSA) is 57.5 Å². The second-order valence-electron chi connectivity index (χ2n) is 8.40. The number of carbonyl (C=O) groups is 1. The van der Waals surface area contributed by atoms with Crippen molar-refractivity contribution in [1.82, 2.24) is 0 Å². The Morgan fingerprint density at radius 1 is 1.19 bits per heavy atom. The minimum absolute atomic E-state index is 0.00661.